The minimum atomic E-state index is 0.874. The molecule has 0 saturated carbocycles. The van der Waals surface area contributed by atoms with Gasteiger partial charge in [-0.2, -0.15) is 0 Å². The van der Waals surface area contributed by atoms with Gasteiger partial charge in [-0.3, -0.25) is 4.40 Å². The van der Waals surface area contributed by atoms with Crippen LogP contribution in [-0.2, 0) is 0 Å². The Morgan fingerprint density at radius 1 is 0.900 bits per heavy atom. The average Bonchev–Trinajstić information content (AvgIpc) is 2.82. The van der Waals surface area contributed by atoms with Crippen LogP contribution in [0.25, 0.3) is 11.2 Å². The summed E-state index contributed by atoms with van der Waals surface area (Å²) in [4.78, 5) is 2.40. The maximum Gasteiger partial charge on any atom is 0.168 e. The second-order valence-corrected chi connectivity index (χ2v) is 5.66. The highest BCUT2D eigenvalue weighted by atomic mass is 32.2. The van der Waals surface area contributed by atoms with Crippen molar-refractivity contribution in [3.05, 3.63) is 72.7 Å². The quantitative estimate of drug-likeness (QED) is 0.728. The van der Waals surface area contributed by atoms with E-state index in [1.807, 2.05) is 34.8 Å². The van der Waals surface area contributed by atoms with Crippen molar-refractivity contribution in [2.75, 3.05) is 0 Å². The summed E-state index contributed by atoms with van der Waals surface area (Å²) in [6, 6.07) is 14.4. The zero-order valence-electron chi connectivity index (χ0n) is 10.6. The normalized spacial score (nSPS) is 13.3. The maximum absolute atomic E-state index is 4.25. The number of benzene rings is 1. The van der Waals surface area contributed by atoms with Crippen molar-refractivity contribution in [2.24, 2.45) is 0 Å². The predicted octanol–water partition coefficient (Wildman–Crippen LogP) is 3.83. The third-order valence-corrected chi connectivity index (χ3v) is 4.15. The van der Waals surface area contributed by atoms with Gasteiger partial charge in [-0.15, -0.1) is 10.2 Å². The van der Waals surface area contributed by atoms with Crippen molar-refractivity contribution in [3.8, 4) is 0 Å². The zero-order chi connectivity index (χ0) is 13.4. The number of hydrogen-bond acceptors (Lipinski definition) is 3. The molecule has 4 heteroatoms. The molecule has 0 bridgehead atoms. The van der Waals surface area contributed by atoms with E-state index in [0.29, 0.717) is 0 Å². The van der Waals surface area contributed by atoms with Gasteiger partial charge in [0.1, 0.15) is 0 Å². The molecule has 2 aromatic heterocycles. The summed E-state index contributed by atoms with van der Waals surface area (Å²) in [7, 11) is 0. The van der Waals surface area contributed by atoms with Crippen molar-refractivity contribution >= 4 is 23.0 Å². The Hall–Kier alpha value is -2.33. The van der Waals surface area contributed by atoms with Crippen LogP contribution in [0.1, 0.15) is 5.82 Å². The van der Waals surface area contributed by atoms with Gasteiger partial charge in [0.2, 0.25) is 0 Å². The largest absolute Gasteiger partial charge is 0.281 e. The summed E-state index contributed by atoms with van der Waals surface area (Å²) in [5.74, 6) is 0.901. The molecule has 0 fully saturated rings. The van der Waals surface area contributed by atoms with E-state index < -0.39 is 0 Å². The molecule has 0 radical (unpaired) electrons. The van der Waals surface area contributed by atoms with Crippen LogP contribution in [0, 0.1) is 0 Å². The summed E-state index contributed by atoms with van der Waals surface area (Å²) in [6.45, 7) is 0. The van der Waals surface area contributed by atoms with Crippen LogP contribution in [-0.4, -0.2) is 14.6 Å². The van der Waals surface area contributed by atoms with Gasteiger partial charge < -0.3 is 0 Å². The molecular formula is C16H11N3S. The number of pyridine rings is 1. The molecule has 4 rings (SSSR count). The lowest BCUT2D eigenvalue weighted by atomic mass is 10.1. The Bertz CT molecular complexity index is 831. The van der Waals surface area contributed by atoms with E-state index in [1.54, 1.807) is 11.8 Å². The highest BCUT2D eigenvalue weighted by Gasteiger charge is 2.11. The minimum Gasteiger partial charge on any atom is -0.281 e. The smallest absolute Gasteiger partial charge is 0.168 e. The lowest BCUT2D eigenvalue weighted by Gasteiger charge is -2.06. The molecule has 0 amide bonds. The van der Waals surface area contributed by atoms with Gasteiger partial charge in [0.25, 0.3) is 0 Å². The number of allylic oxidation sites excluding steroid dienone is 4. The van der Waals surface area contributed by atoms with Crippen LogP contribution in [0.4, 0.5) is 0 Å². The number of hydrogen-bond donors (Lipinski definition) is 0. The molecule has 20 heavy (non-hydrogen) atoms. The summed E-state index contributed by atoms with van der Waals surface area (Å²) in [5.41, 5.74) is 2.00. The number of fused-ring (bicyclic) bond motifs is 1. The molecule has 1 aliphatic rings. The fourth-order valence-corrected chi connectivity index (χ4v) is 2.95. The third-order valence-electron chi connectivity index (χ3n) is 3.16. The van der Waals surface area contributed by atoms with E-state index in [1.165, 1.54) is 9.79 Å². The number of nitrogens with zero attached hydrogens (tertiary/aromatic N) is 3. The number of aromatic nitrogens is 3. The van der Waals surface area contributed by atoms with Crippen molar-refractivity contribution in [1.82, 2.24) is 14.6 Å². The fourth-order valence-electron chi connectivity index (χ4n) is 2.09. The van der Waals surface area contributed by atoms with E-state index in [9.17, 15) is 0 Å². The maximum atomic E-state index is 4.25. The molecule has 1 aliphatic carbocycles. The topological polar surface area (TPSA) is 30.2 Å². The lowest BCUT2D eigenvalue weighted by Crippen LogP contribution is -1.95. The molecule has 1 aromatic carbocycles. The van der Waals surface area contributed by atoms with Gasteiger partial charge in [-0.25, -0.2) is 0 Å². The van der Waals surface area contributed by atoms with Crippen LogP contribution in [0.2, 0.25) is 0 Å². The number of rotatable bonds is 3. The Morgan fingerprint density at radius 3 is 2.50 bits per heavy atom. The Morgan fingerprint density at radius 2 is 1.75 bits per heavy atom. The van der Waals surface area contributed by atoms with E-state index >= 15 is 0 Å². The molecule has 0 atom stereocenters. The molecule has 0 saturated heterocycles. The van der Waals surface area contributed by atoms with Crippen LogP contribution < -0.4 is 0 Å². The summed E-state index contributed by atoms with van der Waals surface area (Å²) in [6.07, 6.45) is 8.20. The standard InChI is InChI=1S/C16H11N3S/c1-2-7-13(8-3-1)20-14-9-10-15-17-18-16(19(15)11-14)12-5-4-6-12/h1-11H. The molecule has 0 unspecified atom stereocenters. The van der Waals surface area contributed by atoms with Gasteiger partial charge in [-0.05, 0) is 24.3 Å². The zero-order valence-corrected chi connectivity index (χ0v) is 11.4. The Labute approximate surface area is 120 Å². The first-order chi connectivity index (χ1) is 9.90. The molecule has 0 N–H and O–H groups in total. The van der Waals surface area contributed by atoms with Crippen LogP contribution in [0.5, 0.6) is 0 Å². The molecular weight excluding hydrogens is 266 g/mol. The highest BCUT2D eigenvalue weighted by molar-refractivity contribution is 7.99. The van der Waals surface area contributed by atoms with Gasteiger partial charge >= 0.3 is 0 Å². The first-order valence-corrected chi connectivity index (χ1v) is 7.18. The van der Waals surface area contributed by atoms with Crippen LogP contribution >= 0.6 is 11.8 Å². The van der Waals surface area contributed by atoms with E-state index in [4.69, 9.17) is 0 Å². The second-order valence-electron chi connectivity index (χ2n) is 4.51. The molecule has 0 spiro atoms. The predicted molar refractivity (Wildman–Crippen MR) is 80.7 cm³/mol. The lowest BCUT2D eigenvalue weighted by molar-refractivity contribution is 1.05. The van der Waals surface area contributed by atoms with Crippen molar-refractivity contribution in [3.63, 3.8) is 0 Å². The fraction of sp³-hybridized carbons (Fsp3) is 0. The van der Waals surface area contributed by atoms with Gasteiger partial charge in [0.05, 0.1) is 0 Å². The molecule has 3 nitrogen and oxygen atoms in total. The summed E-state index contributed by atoms with van der Waals surface area (Å²) in [5, 5.41) is 8.45. The molecule has 0 aliphatic heterocycles. The van der Waals surface area contributed by atoms with E-state index in [-0.39, 0.29) is 0 Å². The summed E-state index contributed by atoms with van der Waals surface area (Å²) < 4.78 is 2.04. The van der Waals surface area contributed by atoms with Crippen molar-refractivity contribution in [2.45, 2.75) is 9.79 Å². The molecule has 3 aromatic rings. The van der Waals surface area contributed by atoms with Gasteiger partial charge in [-0.1, -0.05) is 48.2 Å². The molecule has 96 valence electrons. The van der Waals surface area contributed by atoms with Crippen LogP contribution in [0.3, 0.4) is 0 Å². The summed E-state index contributed by atoms with van der Waals surface area (Å²) >= 11 is 1.74. The highest BCUT2D eigenvalue weighted by Crippen LogP contribution is 2.28. The van der Waals surface area contributed by atoms with Gasteiger partial charge in [0.15, 0.2) is 11.5 Å². The van der Waals surface area contributed by atoms with E-state index in [2.05, 4.69) is 46.7 Å². The first-order valence-electron chi connectivity index (χ1n) is 6.36. The SMILES string of the molecule is C1=CC(c2nnc3ccc(Sc4ccccc4)cn23)=C1. The Kier molecular flexibility index (Phi) is 2.67. The van der Waals surface area contributed by atoms with Crippen LogP contribution in [0.15, 0.2) is 76.7 Å². The minimum absolute atomic E-state index is 0.874. The average molecular weight is 277 g/mol. The second kappa shape index (κ2) is 4.65. The van der Waals surface area contributed by atoms with Gasteiger partial charge in [0, 0.05) is 21.6 Å². The van der Waals surface area contributed by atoms with Crippen molar-refractivity contribution < 1.29 is 0 Å². The third kappa shape index (κ3) is 1.94. The Balaban J connectivity index is 1.74. The first kappa shape index (κ1) is 11.5. The molecule has 2 heterocycles. The van der Waals surface area contributed by atoms with E-state index in [0.717, 1.165) is 17.0 Å². The van der Waals surface area contributed by atoms with Crippen molar-refractivity contribution in [1.29, 1.82) is 0 Å². The monoisotopic (exact) mass is 277 g/mol.